The molecule has 4 heteroatoms. The summed E-state index contributed by atoms with van der Waals surface area (Å²) in [7, 11) is 0. The Kier molecular flexibility index (Phi) is 3.15. The molecule has 2 unspecified atom stereocenters. The number of isocyanates is 1. The van der Waals surface area contributed by atoms with Crippen molar-refractivity contribution in [1.82, 2.24) is 0 Å². The van der Waals surface area contributed by atoms with Gasteiger partial charge < -0.3 is 0 Å². The van der Waals surface area contributed by atoms with E-state index in [0.717, 1.165) is 19.8 Å². The van der Waals surface area contributed by atoms with Crippen molar-refractivity contribution in [2.75, 3.05) is 0 Å². The summed E-state index contributed by atoms with van der Waals surface area (Å²) >= 11 is 0. The quantitative estimate of drug-likeness (QED) is 0.484. The van der Waals surface area contributed by atoms with Gasteiger partial charge in [-0.25, -0.2) is 18.6 Å². The number of carbonyl (C=O) groups excluding carboxylic acids is 1. The summed E-state index contributed by atoms with van der Waals surface area (Å²) in [5, 5.41) is 0. The second-order valence-corrected chi connectivity index (χ2v) is 3.69. The minimum absolute atomic E-state index is 0.234. The van der Waals surface area contributed by atoms with E-state index in [1.807, 2.05) is 0 Å². The Morgan fingerprint density at radius 1 is 1.46 bits per heavy atom. The monoisotopic (exact) mass is 189 g/mol. The zero-order valence-corrected chi connectivity index (χ0v) is 7.59. The molecule has 2 nitrogen and oxygen atoms in total. The Morgan fingerprint density at radius 3 is 2.69 bits per heavy atom. The molecule has 0 aromatic heterocycles. The van der Waals surface area contributed by atoms with E-state index in [1.54, 1.807) is 0 Å². The van der Waals surface area contributed by atoms with Crippen molar-refractivity contribution in [3.05, 3.63) is 0 Å². The molecule has 0 amide bonds. The predicted octanol–water partition coefficient (Wildman–Crippen LogP) is 2.54. The summed E-state index contributed by atoms with van der Waals surface area (Å²) in [6.07, 6.45) is 3.76. The molecular formula is C9H13F2NO. The molecule has 0 heterocycles. The highest BCUT2D eigenvalue weighted by atomic mass is 19.3. The third kappa shape index (κ3) is 2.88. The van der Waals surface area contributed by atoms with Crippen LogP contribution in [0.15, 0.2) is 4.99 Å². The number of aliphatic imine (C=N–C) groups is 1. The Balaban J connectivity index is 2.56. The number of halogens is 2. The van der Waals surface area contributed by atoms with Gasteiger partial charge in [-0.1, -0.05) is 6.42 Å². The minimum atomic E-state index is -2.64. The molecule has 0 aliphatic heterocycles. The van der Waals surface area contributed by atoms with Crippen molar-refractivity contribution in [3.8, 4) is 0 Å². The van der Waals surface area contributed by atoms with Crippen molar-refractivity contribution in [2.45, 2.75) is 44.6 Å². The van der Waals surface area contributed by atoms with Gasteiger partial charge in [0.2, 0.25) is 12.0 Å². The third-order valence-electron chi connectivity index (χ3n) is 2.60. The second-order valence-electron chi connectivity index (χ2n) is 3.69. The van der Waals surface area contributed by atoms with Crippen molar-refractivity contribution in [2.24, 2.45) is 10.9 Å². The van der Waals surface area contributed by atoms with Crippen LogP contribution < -0.4 is 0 Å². The van der Waals surface area contributed by atoms with Gasteiger partial charge in [0.05, 0.1) is 6.04 Å². The van der Waals surface area contributed by atoms with Gasteiger partial charge in [-0.15, -0.1) is 0 Å². The summed E-state index contributed by atoms with van der Waals surface area (Å²) in [6.45, 7) is 0.935. The van der Waals surface area contributed by atoms with E-state index in [-0.39, 0.29) is 6.04 Å². The first-order valence-corrected chi connectivity index (χ1v) is 4.49. The average molecular weight is 189 g/mol. The lowest BCUT2D eigenvalue weighted by atomic mass is 9.82. The Labute approximate surface area is 76.0 Å². The maximum absolute atomic E-state index is 12.9. The fourth-order valence-electron chi connectivity index (χ4n) is 1.82. The maximum Gasteiger partial charge on any atom is 0.248 e. The summed E-state index contributed by atoms with van der Waals surface area (Å²) in [5.74, 6) is -3.26. The summed E-state index contributed by atoms with van der Waals surface area (Å²) in [5.41, 5.74) is 0. The molecule has 0 spiro atoms. The topological polar surface area (TPSA) is 29.4 Å². The molecule has 1 aliphatic rings. The van der Waals surface area contributed by atoms with Gasteiger partial charge >= 0.3 is 0 Å². The lowest BCUT2D eigenvalue weighted by Gasteiger charge is -2.30. The molecule has 1 rings (SSSR count). The number of alkyl halides is 2. The molecule has 1 saturated carbocycles. The number of rotatable bonds is 2. The number of hydrogen-bond donors (Lipinski definition) is 0. The van der Waals surface area contributed by atoms with E-state index in [2.05, 4.69) is 4.99 Å². The van der Waals surface area contributed by atoms with Crippen LogP contribution in [0.2, 0.25) is 0 Å². The van der Waals surface area contributed by atoms with Crippen LogP contribution in [0.4, 0.5) is 8.78 Å². The molecule has 74 valence electrons. The van der Waals surface area contributed by atoms with Crippen LogP contribution >= 0.6 is 0 Å². The molecule has 0 bridgehead atoms. The summed E-state index contributed by atoms with van der Waals surface area (Å²) in [6, 6.07) is -0.234. The number of nitrogens with zero attached hydrogens (tertiary/aromatic N) is 1. The van der Waals surface area contributed by atoms with Gasteiger partial charge in [-0.2, -0.15) is 0 Å². The van der Waals surface area contributed by atoms with Crippen LogP contribution in [0, 0.1) is 5.92 Å². The molecule has 0 aromatic carbocycles. The first-order valence-electron chi connectivity index (χ1n) is 4.49. The largest absolute Gasteiger partial charge is 0.248 e. The normalized spacial score (nSPS) is 29.5. The van der Waals surface area contributed by atoms with Crippen LogP contribution in [0.1, 0.15) is 32.6 Å². The van der Waals surface area contributed by atoms with E-state index in [1.165, 1.54) is 6.08 Å². The van der Waals surface area contributed by atoms with Gasteiger partial charge in [0.15, 0.2) is 0 Å². The van der Waals surface area contributed by atoms with Crippen LogP contribution in [-0.4, -0.2) is 18.0 Å². The minimum Gasteiger partial charge on any atom is -0.211 e. The van der Waals surface area contributed by atoms with Gasteiger partial charge in [-0.05, 0) is 26.2 Å². The second kappa shape index (κ2) is 3.97. The summed E-state index contributed by atoms with van der Waals surface area (Å²) < 4.78 is 25.8. The Bertz CT molecular complexity index is 218. The van der Waals surface area contributed by atoms with Crippen molar-refractivity contribution >= 4 is 6.08 Å². The number of hydrogen-bond acceptors (Lipinski definition) is 2. The molecule has 1 aliphatic carbocycles. The smallest absolute Gasteiger partial charge is 0.211 e. The first kappa shape index (κ1) is 10.3. The Hall–Kier alpha value is -0.760. The van der Waals surface area contributed by atoms with E-state index >= 15 is 0 Å². The van der Waals surface area contributed by atoms with E-state index < -0.39 is 11.8 Å². The predicted molar refractivity (Wildman–Crippen MR) is 44.5 cm³/mol. The fourth-order valence-corrected chi connectivity index (χ4v) is 1.82. The van der Waals surface area contributed by atoms with E-state index in [9.17, 15) is 13.6 Å². The van der Waals surface area contributed by atoms with Crippen LogP contribution in [0.5, 0.6) is 0 Å². The van der Waals surface area contributed by atoms with Crippen molar-refractivity contribution < 1.29 is 13.6 Å². The SMILES string of the molecule is CC(F)(F)C1CCCC(N=C=O)C1. The molecule has 1 fully saturated rings. The van der Waals surface area contributed by atoms with E-state index in [0.29, 0.717) is 12.8 Å². The van der Waals surface area contributed by atoms with Crippen LogP contribution in [-0.2, 0) is 4.79 Å². The fraction of sp³-hybridized carbons (Fsp3) is 0.889. The lowest BCUT2D eigenvalue weighted by Crippen LogP contribution is -2.31. The van der Waals surface area contributed by atoms with Gasteiger partial charge in [0.1, 0.15) is 0 Å². The van der Waals surface area contributed by atoms with Crippen molar-refractivity contribution in [3.63, 3.8) is 0 Å². The molecule has 0 saturated heterocycles. The van der Waals surface area contributed by atoms with Gasteiger partial charge in [0.25, 0.3) is 0 Å². The van der Waals surface area contributed by atoms with Gasteiger partial charge in [-0.3, -0.25) is 0 Å². The highest BCUT2D eigenvalue weighted by Gasteiger charge is 2.37. The molecular weight excluding hydrogens is 176 g/mol. The molecule has 2 atom stereocenters. The first-order chi connectivity index (χ1) is 6.04. The highest BCUT2D eigenvalue weighted by Crippen LogP contribution is 2.36. The third-order valence-corrected chi connectivity index (χ3v) is 2.60. The lowest BCUT2D eigenvalue weighted by molar-refractivity contribution is -0.0552. The molecule has 13 heavy (non-hydrogen) atoms. The van der Waals surface area contributed by atoms with E-state index in [4.69, 9.17) is 0 Å². The molecule has 0 radical (unpaired) electrons. The molecule has 0 N–H and O–H groups in total. The average Bonchev–Trinajstić information content (AvgIpc) is 2.04. The van der Waals surface area contributed by atoms with Crippen LogP contribution in [0.3, 0.4) is 0 Å². The zero-order chi connectivity index (χ0) is 9.90. The zero-order valence-electron chi connectivity index (χ0n) is 7.59. The molecule has 0 aromatic rings. The standard InChI is InChI=1S/C9H13F2NO/c1-9(10,11)7-3-2-4-8(5-7)12-6-13/h7-8H,2-5H2,1H3. The van der Waals surface area contributed by atoms with Crippen LogP contribution in [0.25, 0.3) is 0 Å². The Morgan fingerprint density at radius 2 is 2.15 bits per heavy atom. The maximum atomic E-state index is 12.9. The summed E-state index contributed by atoms with van der Waals surface area (Å²) in [4.78, 5) is 13.5. The van der Waals surface area contributed by atoms with Crippen molar-refractivity contribution in [1.29, 1.82) is 0 Å². The highest BCUT2D eigenvalue weighted by molar-refractivity contribution is 5.33. The van der Waals surface area contributed by atoms with Gasteiger partial charge in [0, 0.05) is 5.92 Å².